The highest BCUT2D eigenvalue weighted by Crippen LogP contribution is 2.20. The Morgan fingerprint density at radius 3 is 2.48 bits per heavy atom. The van der Waals surface area contributed by atoms with Gasteiger partial charge in [-0.3, -0.25) is 0 Å². The molecule has 1 heterocycles. The van der Waals surface area contributed by atoms with E-state index in [1.165, 1.54) is 18.2 Å². The van der Waals surface area contributed by atoms with Crippen molar-refractivity contribution in [1.29, 1.82) is 0 Å². The fourth-order valence-corrected chi connectivity index (χ4v) is 4.22. The molecular formula is C14H21ClN2O4S2. The normalized spacial score (nSPS) is 15.7. The van der Waals surface area contributed by atoms with Crippen molar-refractivity contribution in [2.45, 2.75) is 23.1 Å². The maximum absolute atomic E-state index is 12.4. The molecule has 0 aromatic heterocycles. The fraction of sp³-hybridized carbons (Fsp3) is 0.429. The van der Waals surface area contributed by atoms with Crippen molar-refractivity contribution < 1.29 is 16.8 Å². The number of sulfonamides is 1. The molecule has 0 saturated carbocycles. The van der Waals surface area contributed by atoms with Gasteiger partial charge in [0.05, 0.1) is 9.79 Å². The lowest BCUT2D eigenvalue weighted by Gasteiger charge is -2.15. The maximum atomic E-state index is 12.4. The molecule has 0 radical (unpaired) electrons. The Morgan fingerprint density at radius 2 is 1.91 bits per heavy atom. The summed E-state index contributed by atoms with van der Waals surface area (Å²) >= 11 is 0. The summed E-state index contributed by atoms with van der Waals surface area (Å²) in [7, 11) is -7.20. The van der Waals surface area contributed by atoms with Crippen LogP contribution in [0.4, 0.5) is 0 Å². The first-order valence-electron chi connectivity index (χ1n) is 6.89. The third-order valence-corrected chi connectivity index (χ3v) is 6.18. The van der Waals surface area contributed by atoms with Gasteiger partial charge in [-0.1, -0.05) is 17.7 Å². The molecule has 0 aliphatic carbocycles. The number of sulfone groups is 1. The maximum Gasteiger partial charge on any atom is 0.241 e. The van der Waals surface area contributed by atoms with Crippen LogP contribution >= 0.6 is 12.4 Å². The van der Waals surface area contributed by atoms with Gasteiger partial charge in [-0.05, 0) is 37.6 Å². The third kappa shape index (κ3) is 5.29. The molecule has 0 unspecified atom stereocenters. The quantitative estimate of drug-likeness (QED) is 0.744. The molecule has 1 aliphatic heterocycles. The highest BCUT2D eigenvalue weighted by atomic mass is 35.5. The van der Waals surface area contributed by atoms with Gasteiger partial charge in [-0.15, -0.1) is 12.4 Å². The Kier molecular flexibility index (Phi) is 6.79. The van der Waals surface area contributed by atoms with Crippen LogP contribution in [0.1, 0.15) is 12.0 Å². The second kappa shape index (κ2) is 7.76. The number of hydrogen-bond acceptors (Lipinski definition) is 5. The molecule has 23 heavy (non-hydrogen) atoms. The van der Waals surface area contributed by atoms with E-state index in [4.69, 9.17) is 0 Å². The number of aryl methyl sites for hydroxylation is 1. The molecule has 0 fully saturated rings. The minimum Gasteiger partial charge on any atom is -0.313 e. The Bertz CT molecular complexity index is 802. The van der Waals surface area contributed by atoms with Gasteiger partial charge in [0.25, 0.3) is 0 Å². The van der Waals surface area contributed by atoms with Crippen LogP contribution in [0.5, 0.6) is 0 Å². The van der Waals surface area contributed by atoms with E-state index in [0.717, 1.165) is 31.3 Å². The summed E-state index contributed by atoms with van der Waals surface area (Å²) in [6, 6.07) is 4.14. The average molecular weight is 381 g/mol. The zero-order valence-corrected chi connectivity index (χ0v) is 15.4. The lowest BCUT2D eigenvalue weighted by Crippen LogP contribution is -2.30. The molecule has 1 aliphatic rings. The number of nitrogens with one attached hydrogen (secondary N) is 2. The molecular weight excluding hydrogens is 360 g/mol. The first-order chi connectivity index (χ1) is 10.2. The van der Waals surface area contributed by atoms with Crippen molar-refractivity contribution in [2.24, 2.45) is 0 Å². The van der Waals surface area contributed by atoms with E-state index in [0.29, 0.717) is 5.56 Å². The van der Waals surface area contributed by atoms with Gasteiger partial charge in [0.2, 0.25) is 10.0 Å². The molecule has 2 N–H and O–H groups in total. The Morgan fingerprint density at radius 1 is 1.22 bits per heavy atom. The molecule has 0 saturated heterocycles. The van der Waals surface area contributed by atoms with E-state index in [1.54, 1.807) is 6.92 Å². The molecule has 6 nitrogen and oxygen atoms in total. The van der Waals surface area contributed by atoms with Gasteiger partial charge in [-0.2, -0.15) is 0 Å². The molecule has 9 heteroatoms. The smallest absolute Gasteiger partial charge is 0.241 e. The molecule has 0 atom stereocenters. The number of halogens is 1. The zero-order chi connectivity index (χ0) is 16.4. The van der Waals surface area contributed by atoms with Crippen molar-refractivity contribution in [3.63, 3.8) is 0 Å². The summed E-state index contributed by atoms with van der Waals surface area (Å²) in [5.41, 5.74) is 1.54. The molecule has 2 rings (SSSR count). The number of hydrogen-bond donors (Lipinski definition) is 2. The van der Waals surface area contributed by atoms with Gasteiger partial charge in [-0.25, -0.2) is 21.6 Å². The Hall–Kier alpha value is -0.930. The molecule has 0 bridgehead atoms. The van der Waals surface area contributed by atoms with Crippen LogP contribution in [0.25, 0.3) is 0 Å². The third-order valence-electron chi connectivity index (χ3n) is 3.52. The minimum absolute atomic E-state index is 0. The SMILES string of the molecule is Cc1ccc(S(C)(=O)=O)cc1S(=O)(=O)NCC1=CCNCC1.Cl. The summed E-state index contributed by atoms with van der Waals surface area (Å²) in [5, 5.41) is 3.16. The molecule has 1 aromatic carbocycles. The van der Waals surface area contributed by atoms with Crippen LogP contribution in [-0.4, -0.2) is 42.7 Å². The van der Waals surface area contributed by atoms with E-state index in [-0.39, 0.29) is 28.7 Å². The van der Waals surface area contributed by atoms with Crippen molar-refractivity contribution in [3.8, 4) is 0 Å². The van der Waals surface area contributed by atoms with Crippen LogP contribution in [0, 0.1) is 6.92 Å². The summed E-state index contributed by atoms with van der Waals surface area (Å²) in [5.74, 6) is 0. The minimum atomic E-state index is -3.75. The van der Waals surface area contributed by atoms with E-state index < -0.39 is 19.9 Å². The lowest BCUT2D eigenvalue weighted by molar-refractivity contribution is 0.581. The van der Waals surface area contributed by atoms with Crippen LogP contribution in [0.3, 0.4) is 0 Å². The lowest BCUT2D eigenvalue weighted by atomic mass is 10.1. The van der Waals surface area contributed by atoms with Gasteiger partial charge in [0.1, 0.15) is 0 Å². The standard InChI is InChI=1S/C14H20N2O4S2.ClH/c1-11-3-4-13(21(2,17)18)9-14(11)22(19,20)16-10-12-5-7-15-8-6-12;/h3-5,9,15-16H,6-8,10H2,1-2H3;1H. The molecule has 0 spiro atoms. The Labute approximate surface area is 143 Å². The number of benzene rings is 1. The monoisotopic (exact) mass is 380 g/mol. The topological polar surface area (TPSA) is 92.3 Å². The second-order valence-electron chi connectivity index (χ2n) is 5.34. The van der Waals surface area contributed by atoms with Crippen LogP contribution in [0.15, 0.2) is 39.6 Å². The van der Waals surface area contributed by atoms with E-state index >= 15 is 0 Å². The second-order valence-corrected chi connectivity index (χ2v) is 9.09. The molecule has 0 amide bonds. The fourth-order valence-electron chi connectivity index (χ4n) is 2.20. The van der Waals surface area contributed by atoms with Crippen LogP contribution in [0.2, 0.25) is 0 Å². The van der Waals surface area contributed by atoms with Crippen LogP contribution in [-0.2, 0) is 19.9 Å². The summed E-state index contributed by atoms with van der Waals surface area (Å²) < 4.78 is 50.6. The predicted molar refractivity (Wildman–Crippen MR) is 92.3 cm³/mol. The van der Waals surface area contributed by atoms with Crippen LogP contribution < -0.4 is 10.0 Å². The predicted octanol–water partition coefficient (Wildman–Crippen LogP) is 1.02. The van der Waals surface area contributed by atoms with Gasteiger partial charge in [0, 0.05) is 19.3 Å². The summed E-state index contributed by atoms with van der Waals surface area (Å²) in [6.07, 6.45) is 3.82. The summed E-state index contributed by atoms with van der Waals surface area (Å²) in [4.78, 5) is 0.00418. The molecule has 1 aromatic rings. The first-order valence-corrected chi connectivity index (χ1v) is 10.3. The highest BCUT2D eigenvalue weighted by Gasteiger charge is 2.20. The van der Waals surface area contributed by atoms with Gasteiger partial charge in [0.15, 0.2) is 9.84 Å². The van der Waals surface area contributed by atoms with Crippen molar-refractivity contribution >= 4 is 32.3 Å². The molecule has 130 valence electrons. The largest absolute Gasteiger partial charge is 0.313 e. The highest BCUT2D eigenvalue weighted by molar-refractivity contribution is 7.91. The van der Waals surface area contributed by atoms with Gasteiger partial charge >= 0.3 is 0 Å². The average Bonchev–Trinajstić information content (AvgIpc) is 2.45. The van der Waals surface area contributed by atoms with Crippen molar-refractivity contribution in [3.05, 3.63) is 35.4 Å². The van der Waals surface area contributed by atoms with E-state index in [2.05, 4.69) is 10.0 Å². The Balaban J connectivity index is 0.00000264. The van der Waals surface area contributed by atoms with Crippen molar-refractivity contribution in [1.82, 2.24) is 10.0 Å². The van der Waals surface area contributed by atoms with E-state index in [9.17, 15) is 16.8 Å². The van der Waals surface area contributed by atoms with Crippen molar-refractivity contribution in [2.75, 3.05) is 25.9 Å². The first kappa shape index (κ1) is 20.1. The number of rotatable bonds is 5. The van der Waals surface area contributed by atoms with Gasteiger partial charge < -0.3 is 5.32 Å². The van der Waals surface area contributed by atoms with E-state index in [1.807, 2.05) is 6.08 Å². The summed E-state index contributed by atoms with van der Waals surface area (Å²) in [6.45, 7) is 3.45. The zero-order valence-electron chi connectivity index (χ0n) is 13.0.